The van der Waals surface area contributed by atoms with Crippen molar-refractivity contribution in [2.75, 3.05) is 26.3 Å². The molecule has 2 N–H and O–H groups in total. The van der Waals surface area contributed by atoms with Crippen LogP contribution in [0.1, 0.15) is 36.5 Å². The molecule has 4 rings (SSSR count). The minimum absolute atomic E-state index is 0.0223. The van der Waals surface area contributed by atoms with Crippen LogP contribution in [-0.2, 0) is 38.1 Å². The summed E-state index contributed by atoms with van der Waals surface area (Å²) < 4.78 is 47.3. The number of fused-ring (bicyclic) bond motifs is 1. The second-order valence-corrected chi connectivity index (χ2v) is 12.4. The molecule has 2 saturated heterocycles. The van der Waals surface area contributed by atoms with Gasteiger partial charge in [0.05, 0.1) is 42.0 Å². The zero-order chi connectivity index (χ0) is 27.9. The first-order valence-corrected chi connectivity index (χ1v) is 15.1. The van der Waals surface area contributed by atoms with Crippen molar-refractivity contribution < 1.29 is 37.3 Å². The zero-order valence-corrected chi connectivity index (χ0v) is 24.1. The Balaban J connectivity index is 1.40. The van der Waals surface area contributed by atoms with Gasteiger partial charge in [-0.3, -0.25) is 0 Å². The fraction of sp³-hybridized carbons (Fsp3) is 0.615. The molecule has 0 radical (unpaired) electrons. The van der Waals surface area contributed by atoms with Gasteiger partial charge < -0.3 is 29.4 Å². The van der Waals surface area contributed by atoms with Crippen molar-refractivity contribution in [2.45, 2.75) is 64.8 Å². The maximum absolute atomic E-state index is 12.9. The first kappa shape index (κ1) is 29.7. The molecule has 11 nitrogen and oxygen atoms in total. The lowest BCUT2D eigenvalue weighted by Gasteiger charge is -2.28. The molecular weight excluding hydrogens is 546 g/mol. The number of aliphatic hydroxyl groups excluding tert-OH is 1. The number of aryl methyl sites for hydroxylation is 1. The summed E-state index contributed by atoms with van der Waals surface area (Å²) in [4.78, 5) is 17.3. The lowest BCUT2D eigenvalue weighted by molar-refractivity contribution is -0.0907. The van der Waals surface area contributed by atoms with E-state index < -0.39 is 35.2 Å². The number of rotatable bonds is 13. The molecule has 2 fully saturated rings. The lowest BCUT2D eigenvalue weighted by atomic mass is 10.0. The van der Waals surface area contributed by atoms with Crippen LogP contribution < -0.4 is 10.1 Å². The molecule has 0 aliphatic carbocycles. The van der Waals surface area contributed by atoms with Gasteiger partial charge >= 0.3 is 6.09 Å². The molecule has 1 amide bonds. The minimum Gasteiger partial charge on any atom is -0.487 e. The maximum atomic E-state index is 12.9. The number of amides is 1. The van der Waals surface area contributed by atoms with Crippen LogP contribution in [-0.4, -0.2) is 79.7 Å². The lowest BCUT2D eigenvalue weighted by Crippen LogP contribution is -2.50. The molecule has 39 heavy (non-hydrogen) atoms. The fourth-order valence-corrected chi connectivity index (χ4v) is 6.09. The number of carbonyl (C=O) groups excluding carboxylic acids is 1. The Morgan fingerprint density at radius 1 is 1.26 bits per heavy atom. The van der Waals surface area contributed by atoms with E-state index in [4.69, 9.17) is 18.9 Å². The summed E-state index contributed by atoms with van der Waals surface area (Å²) in [6, 6.07) is 6.52. The quantitative estimate of drug-likeness (QED) is 0.303. The molecule has 0 saturated carbocycles. The van der Waals surface area contributed by atoms with Crippen molar-refractivity contribution >= 4 is 28.3 Å². The standard InChI is InChI=1S/C26H37N3O8S2/c1-16(2)11-29(39(32)33)12-23(30)22(28-26(31)37-24-14-36-25-21(24)8-9-34-25)10-18-4-6-20(7-5-18)35-13-19-15-38-17(3)27-19/h4-7,15-16,21-25,30,39H,8-14H2,1-3H3,(H,28,31)/t21-,22-,23+,24-,25+/m0/s1. The van der Waals surface area contributed by atoms with E-state index in [0.29, 0.717) is 19.0 Å². The van der Waals surface area contributed by atoms with Gasteiger partial charge in [-0.25, -0.2) is 22.5 Å². The van der Waals surface area contributed by atoms with E-state index in [9.17, 15) is 18.3 Å². The molecule has 216 valence electrons. The van der Waals surface area contributed by atoms with Gasteiger partial charge in [0.2, 0.25) is 10.9 Å². The minimum atomic E-state index is -2.90. The molecule has 0 unspecified atom stereocenters. The van der Waals surface area contributed by atoms with Crippen molar-refractivity contribution in [1.82, 2.24) is 14.6 Å². The van der Waals surface area contributed by atoms with E-state index in [1.54, 1.807) is 11.3 Å². The van der Waals surface area contributed by atoms with Crippen LogP contribution in [0.5, 0.6) is 5.75 Å². The average Bonchev–Trinajstić information content (AvgIpc) is 3.61. The van der Waals surface area contributed by atoms with Crippen LogP contribution in [0.4, 0.5) is 4.79 Å². The van der Waals surface area contributed by atoms with E-state index in [2.05, 4.69) is 10.3 Å². The molecule has 0 bridgehead atoms. The van der Waals surface area contributed by atoms with Gasteiger partial charge in [-0.2, -0.15) is 0 Å². The van der Waals surface area contributed by atoms with Gasteiger partial charge in [0.1, 0.15) is 18.5 Å². The number of hydrogen-bond donors (Lipinski definition) is 3. The monoisotopic (exact) mass is 583 g/mol. The predicted molar refractivity (Wildman–Crippen MR) is 145 cm³/mol. The van der Waals surface area contributed by atoms with Crippen molar-refractivity contribution in [3.63, 3.8) is 0 Å². The number of thiol groups is 1. The third kappa shape index (κ3) is 8.60. The fourth-order valence-electron chi connectivity index (χ4n) is 4.73. The van der Waals surface area contributed by atoms with E-state index >= 15 is 0 Å². The van der Waals surface area contributed by atoms with Crippen LogP contribution in [0.3, 0.4) is 0 Å². The van der Waals surface area contributed by atoms with Crippen molar-refractivity contribution in [3.05, 3.63) is 45.9 Å². The molecule has 1 aromatic heterocycles. The highest BCUT2D eigenvalue weighted by molar-refractivity contribution is 7.69. The Morgan fingerprint density at radius 2 is 2.03 bits per heavy atom. The van der Waals surface area contributed by atoms with Crippen LogP contribution >= 0.6 is 11.3 Å². The van der Waals surface area contributed by atoms with E-state index in [1.807, 2.05) is 50.4 Å². The van der Waals surface area contributed by atoms with Crippen molar-refractivity contribution in [2.24, 2.45) is 11.8 Å². The van der Waals surface area contributed by atoms with Gasteiger partial charge in [0, 0.05) is 18.5 Å². The number of thiazole rings is 1. The third-order valence-electron chi connectivity index (χ3n) is 6.65. The van der Waals surface area contributed by atoms with Gasteiger partial charge in [-0.1, -0.05) is 26.0 Å². The number of alkyl carbamates (subject to hydrolysis) is 1. The maximum Gasteiger partial charge on any atom is 0.407 e. The molecule has 1 aromatic carbocycles. The zero-order valence-electron chi connectivity index (χ0n) is 22.4. The summed E-state index contributed by atoms with van der Waals surface area (Å²) in [5.74, 6) is 0.715. The molecule has 0 spiro atoms. The number of benzene rings is 1. The van der Waals surface area contributed by atoms with E-state index in [-0.39, 0.29) is 44.2 Å². The normalized spacial score (nSPS) is 22.3. The second-order valence-electron chi connectivity index (χ2n) is 10.3. The Bertz CT molecular complexity index is 1150. The smallest absolute Gasteiger partial charge is 0.407 e. The molecule has 2 aliphatic rings. The number of hydrogen-bond acceptors (Lipinski definition) is 10. The Hall–Kier alpha value is -2.29. The average molecular weight is 584 g/mol. The summed E-state index contributed by atoms with van der Waals surface area (Å²) in [5.41, 5.74) is 1.69. The first-order chi connectivity index (χ1) is 18.7. The number of aromatic nitrogens is 1. The van der Waals surface area contributed by atoms with E-state index in [0.717, 1.165) is 22.7 Å². The number of carbonyl (C=O) groups is 1. The highest BCUT2D eigenvalue weighted by Gasteiger charge is 2.44. The highest BCUT2D eigenvalue weighted by atomic mass is 32.2. The molecule has 2 aromatic rings. The van der Waals surface area contributed by atoms with Crippen molar-refractivity contribution in [3.8, 4) is 5.75 Å². The first-order valence-electron chi connectivity index (χ1n) is 13.1. The van der Waals surface area contributed by atoms with Crippen LogP contribution in [0.25, 0.3) is 0 Å². The van der Waals surface area contributed by atoms with Gasteiger partial charge in [-0.05, 0) is 43.4 Å². The Kier molecular flexibility index (Phi) is 10.6. The summed E-state index contributed by atoms with van der Waals surface area (Å²) in [6.45, 7) is 7.01. The molecule has 13 heteroatoms. The second kappa shape index (κ2) is 13.9. The largest absolute Gasteiger partial charge is 0.487 e. The molecular formula is C26H37N3O8S2. The van der Waals surface area contributed by atoms with Gasteiger partial charge in [-0.15, -0.1) is 11.3 Å². The van der Waals surface area contributed by atoms with E-state index in [1.165, 1.54) is 4.31 Å². The summed E-state index contributed by atoms with van der Waals surface area (Å²) >= 11 is 1.57. The Labute approximate surface area is 234 Å². The third-order valence-corrected chi connectivity index (χ3v) is 8.26. The summed E-state index contributed by atoms with van der Waals surface area (Å²) in [5, 5.41) is 16.8. The molecule has 5 atom stereocenters. The van der Waals surface area contributed by atoms with Crippen LogP contribution in [0.15, 0.2) is 29.6 Å². The SMILES string of the molecule is Cc1nc(COc2ccc(C[C@H](NC(=O)O[C@H]3CO[C@H]4OCC[C@H]43)[C@H](O)CN(CC(C)C)[SH](=O)=O)cc2)cs1. The predicted octanol–water partition coefficient (Wildman–Crippen LogP) is 2.27. The number of aliphatic hydroxyl groups is 1. The Morgan fingerprint density at radius 3 is 2.69 bits per heavy atom. The summed E-state index contributed by atoms with van der Waals surface area (Å²) in [6.07, 6.45) is -1.67. The molecule has 3 heterocycles. The number of nitrogens with zero attached hydrogens (tertiary/aromatic N) is 2. The van der Waals surface area contributed by atoms with Crippen molar-refractivity contribution in [1.29, 1.82) is 0 Å². The van der Waals surface area contributed by atoms with Gasteiger partial charge in [0.15, 0.2) is 6.29 Å². The molecule has 2 aliphatic heterocycles. The van der Waals surface area contributed by atoms with Crippen LogP contribution in [0.2, 0.25) is 0 Å². The number of nitrogens with one attached hydrogen (secondary N) is 1. The highest BCUT2D eigenvalue weighted by Crippen LogP contribution is 2.33. The van der Waals surface area contributed by atoms with Gasteiger partial charge in [0.25, 0.3) is 0 Å². The topological polar surface area (TPSA) is 137 Å². The van der Waals surface area contributed by atoms with Crippen LogP contribution in [0, 0.1) is 18.8 Å². The summed E-state index contributed by atoms with van der Waals surface area (Å²) in [7, 11) is -2.90. The number of ether oxygens (including phenoxy) is 4.